The molecule has 1 aliphatic heterocycles. The number of carbonyl (C=O) groups is 3. The number of hydrogen-bond acceptors (Lipinski definition) is 6. The molecule has 1 aromatic carbocycles. The maximum absolute atomic E-state index is 13.0. The van der Waals surface area contributed by atoms with Crippen LogP contribution in [0.2, 0.25) is 0 Å². The first-order chi connectivity index (χ1) is 15.0. The molecule has 8 heteroatoms. The van der Waals surface area contributed by atoms with Crippen LogP contribution in [-0.2, 0) is 25.7 Å². The number of unbranched alkanes of at least 4 members (excludes halogenated alkanes) is 1. The van der Waals surface area contributed by atoms with E-state index in [-0.39, 0.29) is 25.0 Å². The SMILES string of the molecule is CCCC[C@H]1CN(C(=O)[C@H](C)NC(=O)OC(C)(C)C)C[C@@]1(N)C(=O)OCc1ccccc1. The number of amides is 2. The Bertz CT molecular complexity index is 793. The van der Waals surface area contributed by atoms with Crippen molar-refractivity contribution < 1.29 is 23.9 Å². The van der Waals surface area contributed by atoms with Gasteiger partial charge in [0.25, 0.3) is 0 Å². The van der Waals surface area contributed by atoms with Crippen LogP contribution in [0.25, 0.3) is 0 Å². The zero-order valence-corrected chi connectivity index (χ0v) is 19.8. The Morgan fingerprint density at radius 2 is 1.91 bits per heavy atom. The number of ether oxygens (including phenoxy) is 2. The number of esters is 1. The fourth-order valence-corrected chi connectivity index (χ4v) is 3.81. The number of nitrogens with one attached hydrogen (secondary N) is 1. The molecule has 32 heavy (non-hydrogen) atoms. The zero-order valence-electron chi connectivity index (χ0n) is 19.8. The molecule has 0 radical (unpaired) electrons. The van der Waals surface area contributed by atoms with Gasteiger partial charge in [-0.1, -0.05) is 50.1 Å². The molecule has 2 amide bonds. The molecular formula is C24H37N3O5. The Hall–Kier alpha value is -2.61. The van der Waals surface area contributed by atoms with Gasteiger partial charge < -0.3 is 25.4 Å². The number of likely N-dealkylation sites (tertiary alicyclic amines) is 1. The van der Waals surface area contributed by atoms with Crippen molar-refractivity contribution in [3.8, 4) is 0 Å². The Morgan fingerprint density at radius 3 is 2.50 bits per heavy atom. The Balaban J connectivity index is 2.06. The monoisotopic (exact) mass is 447 g/mol. The van der Waals surface area contributed by atoms with Gasteiger partial charge in [-0.3, -0.25) is 4.79 Å². The zero-order chi connectivity index (χ0) is 23.9. The minimum atomic E-state index is -1.29. The van der Waals surface area contributed by atoms with Gasteiger partial charge in [0.05, 0.1) is 0 Å². The fourth-order valence-electron chi connectivity index (χ4n) is 3.81. The molecule has 3 N–H and O–H groups in total. The number of carbonyl (C=O) groups excluding carboxylic acids is 3. The molecule has 0 bridgehead atoms. The summed E-state index contributed by atoms with van der Waals surface area (Å²) in [6.07, 6.45) is 1.89. The molecule has 178 valence electrons. The lowest BCUT2D eigenvalue weighted by Crippen LogP contribution is -2.56. The first-order valence-corrected chi connectivity index (χ1v) is 11.2. The molecule has 0 spiro atoms. The van der Waals surface area contributed by atoms with Gasteiger partial charge in [0.1, 0.15) is 23.8 Å². The summed E-state index contributed by atoms with van der Waals surface area (Å²) in [5.74, 6) is -1.03. The van der Waals surface area contributed by atoms with Gasteiger partial charge in [0, 0.05) is 19.0 Å². The lowest BCUT2D eigenvalue weighted by atomic mass is 9.84. The highest BCUT2D eigenvalue weighted by Crippen LogP contribution is 2.32. The van der Waals surface area contributed by atoms with Crippen LogP contribution in [0, 0.1) is 5.92 Å². The van der Waals surface area contributed by atoms with E-state index in [4.69, 9.17) is 15.2 Å². The van der Waals surface area contributed by atoms with E-state index >= 15 is 0 Å². The summed E-state index contributed by atoms with van der Waals surface area (Å²) in [5, 5.41) is 2.56. The van der Waals surface area contributed by atoms with Crippen LogP contribution in [0.15, 0.2) is 30.3 Å². The topological polar surface area (TPSA) is 111 Å². The van der Waals surface area contributed by atoms with Crippen molar-refractivity contribution in [2.24, 2.45) is 11.7 Å². The Morgan fingerprint density at radius 1 is 1.25 bits per heavy atom. The smallest absolute Gasteiger partial charge is 0.408 e. The average molecular weight is 448 g/mol. The molecule has 0 aliphatic carbocycles. The minimum absolute atomic E-state index is 0.0498. The molecule has 1 heterocycles. The van der Waals surface area contributed by atoms with Gasteiger partial charge in [-0.15, -0.1) is 0 Å². The first kappa shape index (κ1) is 25.6. The molecule has 1 fully saturated rings. The highest BCUT2D eigenvalue weighted by Gasteiger charge is 2.51. The normalized spacial score (nSPS) is 21.7. The van der Waals surface area contributed by atoms with Gasteiger partial charge in [0.2, 0.25) is 5.91 Å². The average Bonchev–Trinajstić information content (AvgIpc) is 3.06. The number of benzene rings is 1. The van der Waals surface area contributed by atoms with Crippen LogP contribution in [-0.4, -0.2) is 53.1 Å². The Kier molecular flexibility index (Phi) is 8.66. The van der Waals surface area contributed by atoms with Crippen LogP contribution in [0.3, 0.4) is 0 Å². The third-order valence-corrected chi connectivity index (χ3v) is 5.54. The number of rotatable bonds is 8. The van der Waals surface area contributed by atoms with Crippen LogP contribution >= 0.6 is 0 Å². The molecule has 0 aromatic heterocycles. The lowest BCUT2D eigenvalue weighted by Gasteiger charge is -2.28. The van der Waals surface area contributed by atoms with E-state index in [2.05, 4.69) is 12.2 Å². The van der Waals surface area contributed by atoms with E-state index in [1.807, 2.05) is 30.3 Å². The fraction of sp³-hybridized carbons (Fsp3) is 0.625. The maximum Gasteiger partial charge on any atom is 0.408 e. The summed E-state index contributed by atoms with van der Waals surface area (Å²) in [6, 6.07) is 8.59. The van der Waals surface area contributed by atoms with Crippen LogP contribution in [0.1, 0.15) is 59.4 Å². The van der Waals surface area contributed by atoms with E-state index in [9.17, 15) is 14.4 Å². The van der Waals surface area contributed by atoms with Crippen molar-refractivity contribution in [2.75, 3.05) is 13.1 Å². The summed E-state index contributed by atoms with van der Waals surface area (Å²) in [7, 11) is 0. The second-order valence-corrected chi connectivity index (χ2v) is 9.53. The summed E-state index contributed by atoms with van der Waals surface area (Å²) in [5.41, 5.74) is 5.50. The lowest BCUT2D eigenvalue weighted by molar-refractivity contribution is -0.152. The van der Waals surface area contributed by atoms with Gasteiger partial charge in [-0.2, -0.15) is 0 Å². The van der Waals surface area contributed by atoms with Crippen molar-refractivity contribution in [1.82, 2.24) is 10.2 Å². The largest absolute Gasteiger partial charge is 0.459 e. The van der Waals surface area contributed by atoms with Crippen molar-refractivity contribution >= 4 is 18.0 Å². The van der Waals surface area contributed by atoms with Gasteiger partial charge in [0.15, 0.2) is 0 Å². The van der Waals surface area contributed by atoms with Crippen molar-refractivity contribution in [2.45, 2.75) is 77.7 Å². The van der Waals surface area contributed by atoms with Crippen molar-refractivity contribution in [3.05, 3.63) is 35.9 Å². The first-order valence-electron chi connectivity index (χ1n) is 11.2. The number of hydrogen-bond donors (Lipinski definition) is 2. The van der Waals surface area contributed by atoms with Gasteiger partial charge >= 0.3 is 12.1 Å². The number of nitrogens with zero attached hydrogens (tertiary/aromatic N) is 1. The molecule has 0 unspecified atom stereocenters. The van der Waals surface area contributed by atoms with Gasteiger partial charge in [-0.05, 0) is 39.7 Å². The molecule has 1 aromatic rings. The third-order valence-electron chi connectivity index (χ3n) is 5.54. The van der Waals surface area contributed by atoms with Gasteiger partial charge in [-0.25, -0.2) is 9.59 Å². The third kappa shape index (κ3) is 6.95. The highest BCUT2D eigenvalue weighted by molar-refractivity contribution is 5.88. The summed E-state index contributed by atoms with van der Waals surface area (Å²) < 4.78 is 10.8. The molecular weight excluding hydrogens is 410 g/mol. The van der Waals surface area contributed by atoms with Crippen molar-refractivity contribution in [1.29, 1.82) is 0 Å². The Labute approximate surface area is 190 Å². The molecule has 8 nitrogen and oxygen atoms in total. The van der Waals surface area contributed by atoms with Crippen LogP contribution < -0.4 is 11.1 Å². The number of nitrogens with two attached hydrogens (primary N) is 1. The van der Waals surface area contributed by atoms with E-state index in [0.717, 1.165) is 18.4 Å². The van der Waals surface area contributed by atoms with E-state index in [1.165, 1.54) is 0 Å². The number of alkyl carbamates (subject to hydrolysis) is 1. The predicted octanol–water partition coefficient (Wildman–Crippen LogP) is 2.99. The molecule has 1 aliphatic rings. The molecule has 1 saturated heterocycles. The van der Waals surface area contributed by atoms with E-state index in [0.29, 0.717) is 13.0 Å². The highest BCUT2D eigenvalue weighted by atomic mass is 16.6. The standard InChI is InChI=1S/C24H37N3O5/c1-6-7-13-19-14-27(20(28)17(2)26-22(30)32-23(3,4)5)16-24(19,25)21(29)31-15-18-11-9-8-10-12-18/h8-12,17,19H,6-7,13-16,25H2,1-5H3,(H,26,30)/t17-,19-,24-/m0/s1. The molecule has 2 rings (SSSR count). The minimum Gasteiger partial charge on any atom is -0.459 e. The van der Waals surface area contributed by atoms with E-state index in [1.54, 1.807) is 32.6 Å². The second kappa shape index (κ2) is 10.8. The van der Waals surface area contributed by atoms with E-state index < -0.39 is 29.2 Å². The summed E-state index contributed by atoms with van der Waals surface area (Å²) in [6.45, 7) is 9.44. The molecule has 3 atom stereocenters. The maximum atomic E-state index is 13.0. The van der Waals surface area contributed by atoms with Crippen LogP contribution in [0.5, 0.6) is 0 Å². The van der Waals surface area contributed by atoms with Crippen LogP contribution in [0.4, 0.5) is 4.79 Å². The second-order valence-electron chi connectivity index (χ2n) is 9.53. The molecule has 0 saturated carbocycles. The predicted molar refractivity (Wildman–Crippen MR) is 122 cm³/mol. The summed E-state index contributed by atoms with van der Waals surface area (Å²) >= 11 is 0. The summed E-state index contributed by atoms with van der Waals surface area (Å²) in [4.78, 5) is 39.6. The quantitative estimate of drug-likeness (QED) is 0.593. The van der Waals surface area contributed by atoms with Crippen molar-refractivity contribution in [3.63, 3.8) is 0 Å².